The third-order valence-electron chi connectivity index (χ3n) is 15.1. The van der Waals surface area contributed by atoms with Crippen molar-refractivity contribution in [3.8, 4) is 10.4 Å². The van der Waals surface area contributed by atoms with E-state index in [-0.39, 0.29) is 55.6 Å². The van der Waals surface area contributed by atoms with Crippen LogP contribution in [0.5, 0.6) is 0 Å². The van der Waals surface area contributed by atoms with E-state index in [1.54, 1.807) is 17.5 Å². The second-order valence-electron chi connectivity index (χ2n) is 22.0. The maximum Gasteiger partial charge on any atom is 0.246 e. The first-order valence-corrected chi connectivity index (χ1v) is 28.6. The number of likely N-dealkylation sites (tertiary alicyclic amines) is 2. The van der Waals surface area contributed by atoms with Crippen LogP contribution in [0.15, 0.2) is 103 Å². The molecule has 0 bridgehead atoms. The van der Waals surface area contributed by atoms with Crippen LogP contribution in [0, 0.1) is 12.3 Å². The van der Waals surface area contributed by atoms with Crippen LogP contribution >= 0.6 is 11.3 Å². The lowest BCUT2D eigenvalue weighted by Gasteiger charge is -2.35. The van der Waals surface area contributed by atoms with Crippen molar-refractivity contribution in [2.45, 2.75) is 103 Å². The molecule has 3 aliphatic heterocycles. The number of rotatable bonds is 21. The molecule has 0 aliphatic carbocycles. The lowest BCUT2D eigenvalue weighted by molar-refractivity contribution is -0.144. The number of nitrogens with one attached hydrogen (secondary N) is 5. The monoisotopic (exact) mass is 1110 g/mol. The Kier molecular flexibility index (Phi) is 18.5. The van der Waals surface area contributed by atoms with E-state index in [2.05, 4.69) is 69.6 Å². The van der Waals surface area contributed by atoms with E-state index in [4.69, 9.17) is 9.97 Å². The molecular weight excluding hydrogens is 1030 g/mol. The maximum absolute atomic E-state index is 14.1. The Balaban J connectivity index is 0.682. The van der Waals surface area contributed by atoms with E-state index >= 15 is 0 Å². The number of imidazole rings is 1. The minimum Gasteiger partial charge on any atom is -0.391 e. The summed E-state index contributed by atoms with van der Waals surface area (Å²) in [4.78, 5) is 94.1. The average molecular weight is 1110 g/mol. The van der Waals surface area contributed by atoms with Crippen molar-refractivity contribution in [3.05, 3.63) is 114 Å². The summed E-state index contributed by atoms with van der Waals surface area (Å²) in [6.45, 7) is 16.6. The summed E-state index contributed by atoms with van der Waals surface area (Å²) in [6, 6.07) is 24.1. The summed E-state index contributed by atoms with van der Waals surface area (Å²) in [5.74, 6) is -0.0815. The van der Waals surface area contributed by atoms with Gasteiger partial charge < -0.3 is 46.4 Å². The molecule has 6 N–H and O–H groups in total. The number of unbranched alkanes of at least 4 members (excludes halogenated alkanes) is 2. The number of aryl methyl sites for hydroxylation is 1. The Bertz CT molecular complexity index is 3120. The van der Waals surface area contributed by atoms with Crippen LogP contribution in [-0.2, 0) is 30.5 Å². The molecule has 3 saturated heterocycles. The highest BCUT2D eigenvalue weighted by molar-refractivity contribution is 7.13. The number of carbonyl (C=O) groups excluding carboxylic acids is 5. The van der Waals surface area contributed by atoms with E-state index < -0.39 is 29.5 Å². The normalized spacial score (nSPS) is 18.2. The van der Waals surface area contributed by atoms with Gasteiger partial charge in [-0.1, -0.05) is 76.2 Å². The number of aliphatic hydroxyl groups is 1. The molecule has 9 rings (SSSR count). The molecule has 6 heterocycles. The SMILES string of the molecule is C=CC(=O)N1CCC[C@H](n2c(Nc3ccccc3)nc3cnc(Nc4ccc(N5CCN(CC(=O)NCCCCCC(=O)N[C@H](C(=O)N6C[C@H](O)C[C@H]6C(=O)NCc6ccc(-c7scnc7C)cc6)C(C)(C)C)CC5)cc4)nc32)C1. The van der Waals surface area contributed by atoms with Gasteiger partial charge in [-0.2, -0.15) is 4.98 Å². The van der Waals surface area contributed by atoms with Crippen LogP contribution in [0.25, 0.3) is 21.6 Å². The third kappa shape index (κ3) is 14.3. The lowest BCUT2D eigenvalue weighted by Crippen LogP contribution is -2.57. The highest BCUT2D eigenvalue weighted by atomic mass is 32.1. The van der Waals surface area contributed by atoms with E-state index in [0.717, 1.165) is 77.8 Å². The standard InChI is InChI=1S/C59H74N14O6S/c1-6-51(77)71-27-13-16-45(35-71)73-54-47(66-58(73)65-42-14-9-7-10-15-42)34-62-57(68-54)64-43-22-24-44(25-23-43)70-30-28-69(29-31-70)37-50(76)60-26-12-8-11-17-49(75)67-53(59(3,4)5)56(79)72-36-46(74)32-48(72)55(78)61-33-40-18-20-41(21-19-40)52-39(2)63-38-80-52/h6-7,9-10,14-15,18-25,34,38,45-46,48,53,74H,1,8,11-13,16-17,26-33,35-37H2,2-5H3,(H,60,76)(H,61,78)(H,65,66)(H,67,75)(H,62,64,68)/t45-,46+,48-,53+/m0/s1. The van der Waals surface area contributed by atoms with Gasteiger partial charge in [0.15, 0.2) is 5.65 Å². The van der Waals surface area contributed by atoms with Gasteiger partial charge in [-0.15, -0.1) is 11.3 Å². The van der Waals surface area contributed by atoms with Gasteiger partial charge in [-0.25, -0.2) is 15.0 Å². The van der Waals surface area contributed by atoms with Crippen molar-refractivity contribution in [2.75, 3.05) is 74.4 Å². The van der Waals surface area contributed by atoms with Gasteiger partial charge in [0.1, 0.15) is 17.6 Å². The number of carbonyl (C=O) groups is 5. The highest BCUT2D eigenvalue weighted by Gasteiger charge is 2.44. The fourth-order valence-corrected chi connectivity index (χ4v) is 11.5. The van der Waals surface area contributed by atoms with Gasteiger partial charge in [0.25, 0.3) is 0 Å². The zero-order valence-corrected chi connectivity index (χ0v) is 47.0. The fourth-order valence-electron chi connectivity index (χ4n) is 10.7. The smallest absolute Gasteiger partial charge is 0.246 e. The summed E-state index contributed by atoms with van der Waals surface area (Å²) in [7, 11) is 0. The number of hydrogen-bond donors (Lipinski definition) is 6. The Morgan fingerprint density at radius 3 is 2.30 bits per heavy atom. The van der Waals surface area contributed by atoms with E-state index in [1.165, 1.54) is 11.0 Å². The van der Waals surface area contributed by atoms with Crippen LogP contribution in [0.3, 0.4) is 0 Å². The van der Waals surface area contributed by atoms with Crippen molar-refractivity contribution in [2.24, 2.45) is 5.41 Å². The summed E-state index contributed by atoms with van der Waals surface area (Å²) in [5, 5.41) is 26.4. The molecule has 4 atom stereocenters. The molecule has 422 valence electrons. The Labute approximate surface area is 471 Å². The number of fused-ring (bicyclic) bond motifs is 1. The van der Waals surface area contributed by atoms with Gasteiger partial charge in [-0.05, 0) is 91.6 Å². The molecule has 20 nitrogen and oxygen atoms in total. The van der Waals surface area contributed by atoms with Crippen LogP contribution in [0.2, 0.25) is 0 Å². The number of aliphatic hydroxyl groups excluding tert-OH is 1. The summed E-state index contributed by atoms with van der Waals surface area (Å²) in [5.41, 5.74) is 8.18. The quantitative estimate of drug-likeness (QED) is 0.0325. The number of nitrogens with zero attached hydrogens (tertiary/aromatic N) is 9. The molecule has 21 heteroatoms. The minimum absolute atomic E-state index is 0.00375. The molecule has 0 saturated carbocycles. The van der Waals surface area contributed by atoms with Crippen LogP contribution in [0.1, 0.15) is 83.0 Å². The number of aromatic nitrogens is 5. The summed E-state index contributed by atoms with van der Waals surface area (Å²) >= 11 is 1.58. The van der Waals surface area contributed by atoms with Crippen molar-refractivity contribution >= 4 is 81.0 Å². The predicted octanol–water partition coefficient (Wildman–Crippen LogP) is 6.70. The molecule has 0 unspecified atom stereocenters. The first kappa shape index (κ1) is 57.0. The van der Waals surface area contributed by atoms with Gasteiger partial charge in [0.05, 0.1) is 41.0 Å². The maximum atomic E-state index is 14.1. The van der Waals surface area contributed by atoms with Gasteiger partial charge in [0, 0.05) is 88.8 Å². The van der Waals surface area contributed by atoms with Crippen LogP contribution in [-0.4, -0.2) is 151 Å². The van der Waals surface area contributed by atoms with Crippen molar-refractivity contribution in [1.29, 1.82) is 0 Å². The van der Waals surface area contributed by atoms with E-state index in [9.17, 15) is 29.1 Å². The van der Waals surface area contributed by atoms with Gasteiger partial charge >= 0.3 is 0 Å². The molecule has 80 heavy (non-hydrogen) atoms. The molecule has 3 aliphatic rings. The van der Waals surface area contributed by atoms with Crippen molar-refractivity contribution in [1.82, 2.24) is 55.2 Å². The summed E-state index contributed by atoms with van der Waals surface area (Å²) < 4.78 is 2.09. The van der Waals surface area contributed by atoms with Crippen LogP contribution in [0.4, 0.5) is 29.0 Å². The predicted molar refractivity (Wildman–Crippen MR) is 312 cm³/mol. The molecule has 0 radical (unpaired) electrons. The van der Waals surface area contributed by atoms with Crippen molar-refractivity contribution < 1.29 is 29.1 Å². The number of benzene rings is 3. The molecule has 3 aromatic carbocycles. The number of amides is 5. The zero-order chi connectivity index (χ0) is 56.3. The van der Waals surface area contributed by atoms with E-state index in [1.807, 2.05) is 105 Å². The molecule has 3 fully saturated rings. The van der Waals surface area contributed by atoms with E-state index in [0.29, 0.717) is 68.5 Å². The molecular formula is C59H74N14O6S. The first-order valence-electron chi connectivity index (χ1n) is 27.7. The lowest BCUT2D eigenvalue weighted by atomic mass is 9.85. The van der Waals surface area contributed by atoms with Crippen LogP contribution < -0.4 is 31.5 Å². The molecule has 5 amide bonds. The van der Waals surface area contributed by atoms with Crippen molar-refractivity contribution in [3.63, 3.8) is 0 Å². The Morgan fingerprint density at radius 1 is 0.838 bits per heavy atom. The number of anilines is 5. The number of para-hydroxylation sites is 1. The largest absolute Gasteiger partial charge is 0.391 e. The molecule has 3 aromatic heterocycles. The Morgan fingerprint density at radius 2 is 1.59 bits per heavy atom. The Hall–Kier alpha value is -7.75. The fraction of sp³-hybridized carbons (Fsp3) is 0.441. The third-order valence-corrected chi connectivity index (χ3v) is 16.0. The number of β-amino-alcohol motifs (C(OH)–C–C–N with tert-alkyl or cyclic N) is 1. The minimum atomic E-state index is -0.903. The molecule has 0 spiro atoms. The number of piperazine rings is 1. The van der Waals surface area contributed by atoms with Gasteiger partial charge in [-0.3, -0.25) is 33.4 Å². The number of piperidine rings is 1. The first-order chi connectivity index (χ1) is 38.6. The zero-order valence-electron chi connectivity index (χ0n) is 46.2. The molecule has 6 aromatic rings. The average Bonchev–Trinajstić information content (AvgIpc) is 4.18. The summed E-state index contributed by atoms with van der Waals surface area (Å²) in [6.07, 6.45) is 6.24. The second kappa shape index (κ2) is 26.0. The van der Waals surface area contributed by atoms with Gasteiger partial charge in [0.2, 0.25) is 41.4 Å². The highest BCUT2D eigenvalue weighted by Crippen LogP contribution is 2.33. The topological polar surface area (TPSA) is 235 Å². The number of hydrogen-bond acceptors (Lipinski definition) is 15. The number of thiazole rings is 1. The second-order valence-corrected chi connectivity index (χ2v) is 22.9.